The number of nitrogens with one attached hydrogen (secondary N) is 1. The molecule has 1 N–H and O–H groups in total. The van der Waals surface area contributed by atoms with Crippen molar-refractivity contribution in [1.82, 2.24) is 5.32 Å². The Morgan fingerprint density at radius 1 is 1.14 bits per heavy atom. The zero-order valence-corrected chi connectivity index (χ0v) is 13.1. The molecule has 0 amide bonds. The van der Waals surface area contributed by atoms with Crippen molar-refractivity contribution in [3.8, 4) is 17.2 Å². The molecule has 1 unspecified atom stereocenters. The SMILES string of the molecule is COc1ccc(CNCCC2CCOC2)c(OC)c1OC. The second-order valence-electron chi connectivity index (χ2n) is 5.19. The third-order valence-corrected chi connectivity index (χ3v) is 3.85. The van der Waals surface area contributed by atoms with Crippen molar-refractivity contribution in [3.63, 3.8) is 0 Å². The summed E-state index contributed by atoms with van der Waals surface area (Å²) in [7, 11) is 4.90. The van der Waals surface area contributed by atoms with Crippen molar-refractivity contribution in [3.05, 3.63) is 17.7 Å². The standard InChI is InChI=1S/C16H25NO4/c1-18-14-5-4-13(15(19-2)16(14)20-3)10-17-8-6-12-7-9-21-11-12/h4-5,12,17H,6-11H2,1-3H3. The minimum atomic E-state index is 0.642. The largest absolute Gasteiger partial charge is 0.493 e. The van der Waals surface area contributed by atoms with Gasteiger partial charge in [-0.2, -0.15) is 0 Å². The Hall–Kier alpha value is -1.46. The van der Waals surface area contributed by atoms with Gasteiger partial charge in [-0.05, 0) is 31.4 Å². The van der Waals surface area contributed by atoms with E-state index < -0.39 is 0 Å². The lowest BCUT2D eigenvalue weighted by molar-refractivity contribution is 0.184. The van der Waals surface area contributed by atoms with Crippen molar-refractivity contribution in [1.29, 1.82) is 0 Å². The molecule has 118 valence electrons. The number of hydrogen-bond acceptors (Lipinski definition) is 5. The highest BCUT2D eigenvalue weighted by molar-refractivity contribution is 5.55. The van der Waals surface area contributed by atoms with Gasteiger partial charge in [0.1, 0.15) is 0 Å². The van der Waals surface area contributed by atoms with Gasteiger partial charge >= 0.3 is 0 Å². The molecule has 1 saturated heterocycles. The normalized spacial score (nSPS) is 17.8. The van der Waals surface area contributed by atoms with E-state index in [9.17, 15) is 0 Å². The summed E-state index contributed by atoms with van der Waals surface area (Å²) < 4.78 is 21.5. The molecule has 1 aliphatic rings. The van der Waals surface area contributed by atoms with E-state index in [2.05, 4.69) is 5.32 Å². The second-order valence-corrected chi connectivity index (χ2v) is 5.19. The molecule has 0 aliphatic carbocycles. The van der Waals surface area contributed by atoms with E-state index in [1.54, 1.807) is 21.3 Å². The number of ether oxygens (including phenoxy) is 4. The predicted octanol–water partition coefficient (Wildman–Crippen LogP) is 2.23. The lowest BCUT2D eigenvalue weighted by Crippen LogP contribution is -2.18. The predicted molar refractivity (Wildman–Crippen MR) is 81.3 cm³/mol. The Bertz CT molecular complexity index is 444. The first-order chi connectivity index (χ1) is 10.3. The van der Waals surface area contributed by atoms with Crippen LogP contribution in [-0.4, -0.2) is 41.1 Å². The van der Waals surface area contributed by atoms with Crippen LogP contribution in [-0.2, 0) is 11.3 Å². The molecule has 2 rings (SSSR count). The fraction of sp³-hybridized carbons (Fsp3) is 0.625. The summed E-state index contributed by atoms with van der Waals surface area (Å²) in [5.74, 6) is 2.75. The zero-order valence-electron chi connectivity index (χ0n) is 13.1. The Morgan fingerprint density at radius 3 is 2.57 bits per heavy atom. The second kappa shape index (κ2) is 8.10. The maximum Gasteiger partial charge on any atom is 0.203 e. The van der Waals surface area contributed by atoms with Gasteiger partial charge in [0.25, 0.3) is 0 Å². The molecule has 1 heterocycles. The van der Waals surface area contributed by atoms with Crippen molar-refractivity contribution < 1.29 is 18.9 Å². The first-order valence-corrected chi connectivity index (χ1v) is 7.36. The maximum atomic E-state index is 5.48. The number of rotatable bonds is 8. The molecule has 1 aromatic carbocycles. The molecule has 0 saturated carbocycles. The van der Waals surface area contributed by atoms with Gasteiger partial charge in [-0.3, -0.25) is 0 Å². The molecule has 5 heteroatoms. The summed E-state index contributed by atoms with van der Waals surface area (Å²) in [5, 5.41) is 3.46. The first kappa shape index (κ1) is 15.9. The maximum absolute atomic E-state index is 5.48. The fourth-order valence-corrected chi connectivity index (χ4v) is 2.64. The van der Waals surface area contributed by atoms with Gasteiger partial charge in [0.05, 0.1) is 21.3 Å². The van der Waals surface area contributed by atoms with Gasteiger partial charge < -0.3 is 24.3 Å². The lowest BCUT2D eigenvalue weighted by atomic mass is 10.1. The summed E-state index contributed by atoms with van der Waals surface area (Å²) in [5.41, 5.74) is 1.07. The Kier molecular flexibility index (Phi) is 6.14. The summed E-state index contributed by atoms with van der Waals surface area (Å²) >= 11 is 0. The van der Waals surface area contributed by atoms with Crippen molar-refractivity contribution in [2.75, 3.05) is 41.1 Å². The van der Waals surface area contributed by atoms with Gasteiger partial charge in [0, 0.05) is 25.3 Å². The van der Waals surface area contributed by atoms with Gasteiger partial charge in [-0.15, -0.1) is 0 Å². The third kappa shape index (κ3) is 4.02. The van der Waals surface area contributed by atoms with Gasteiger partial charge in [0.2, 0.25) is 5.75 Å². The van der Waals surface area contributed by atoms with Crippen LogP contribution in [0.1, 0.15) is 18.4 Å². The van der Waals surface area contributed by atoms with Crippen LogP contribution in [0.4, 0.5) is 0 Å². The third-order valence-electron chi connectivity index (χ3n) is 3.85. The van der Waals surface area contributed by atoms with E-state index >= 15 is 0 Å². The number of hydrogen-bond donors (Lipinski definition) is 1. The van der Waals surface area contributed by atoms with Crippen LogP contribution in [0, 0.1) is 5.92 Å². The minimum absolute atomic E-state index is 0.642. The molecule has 0 spiro atoms. The van der Waals surface area contributed by atoms with Gasteiger partial charge in [-0.25, -0.2) is 0 Å². The van der Waals surface area contributed by atoms with Gasteiger partial charge in [0.15, 0.2) is 11.5 Å². The van der Waals surface area contributed by atoms with Crippen LogP contribution in [0.2, 0.25) is 0 Å². The van der Waals surface area contributed by atoms with Crippen LogP contribution >= 0.6 is 0 Å². The van der Waals surface area contributed by atoms with Crippen molar-refractivity contribution in [2.24, 2.45) is 5.92 Å². The molecule has 1 aliphatic heterocycles. The zero-order chi connectivity index (χ0) is 15.1. The quantitative estimate of drug-likeness (QED) is 0.745. The highest BCUT2D eigenvalue weighted by Gasteiger charge is 2.17. The number of benzene rings is 1. The van der Waals surface area contributed by atoms with Crippen molar-refractivity contribution >= 4 is 0 Å². The summed E-state index contributed by atoms with van der Waals surface area (Å²) in [6, 6.07) is 3.91. The van der Waals surface area contributed by atoms with Crippen LogP contribution in [0.3, 0.4) is 0 Å². The van der Waals surface area contributed by atoms with E-state index in [0.29, 0.717) is 17.4 Å². The van der Waals surface area contributed by atoms with Crippen LogP contribution < -0.4 is 19.5 Å². The molecule has 0 radical (unpaired) electrons. The summed E-state index contributed by atoms with van der Waals surface area (Å²) in [6.45, 7) is 3.54. The molecule has 5 nitrogen and oxygen atoms in total. The summed E-state index contributed by atoms with van der Waals surface area (Å²) in [6.07, 6.45) is 2.33. The molecule has 21 heavy (non-hydrogen) atoms. The molecular formula is C16H25NO4. The summed E-state index contributed by atoms with van der Waals surface area (Å²) in [4.78, 5) is 0. The number of methoxy groups -OCH3 is 3. The van der Waals surface area contributed by atoms with Crippen LogP contribution in [0.5, 0.6) is 17.2 Å². The Morgan fingerprint density at radius 2 is 1.95 bits per heavy atom. The molecule has 0 aromatic heterocycles. The molecule has 0 bridgehead atoms. The Balaban J connectivity index is 1.92. The van der Waals surface area contributed by atoms with E-state index in [0.717, 1.165) is 44.0 Å². The lowest BCUT2D eigenvalue weighted by Gasteiger charge is -2.16. The van der Waals surface area contributed by atoms with Crippen molar-refractivity contribution in [2.45, 2.75) is 19.4 Å². The van der Waals surface area contributed by atoms with E-state index in [1.807, 2.05) is 12.1 Å². The minimum Gasteiger partial charge on any atom is -0.493 e. The topological polar surface area (TPSA) is 49.0 Å². The monoisotopic (exact) mass is 295 g/mol. The average Bonchev–Trinajstić information content (AvgIpc) is 3.03. The molecule has 1 aromatic rings. The van der Waals surface area contributed by atoms with Crippen LogP contribution in [0.25, 0.3) is 0 Å². The highest BCUT2D eigenvalue weighted by atomic mass is 16.5. The first-order valence-electron chi connectivity index (χ1n) is 7.36. The fourth-order valence-electron chi connectivity index (χ4n) is 2.64. The molecular weight excluding hydrogens is 270 g/mol. The smallest absolute Gasteiger partial charge is 0.203 e. The average molecular weight is 295 g/mol. The van der Waals surface area contributed by atoms with E-state index in [1.165, 1.54) is 6.42 Å². The van der Waals surface area contributed by atoms with Crippen LogP contribution in [0.15, 0.2) is 12.1 Å². The van der Waals surface area contributed by atoms with E-state index in [-0.39, 0.29) is 0 Å². The molecule has 1 fully saturated rings. The molecule has 1 atom stereocenters. The van der Waals surface area contributed by atoms with Gasteiger partial charge in [-0.1, -0.05) is 6.07 Å². The Labute approximate surface area is 126 Å². The van der Waals surface area contributed by atoms with E-state index in [4.69, 9.17) is 18.9 Å². The highest BCUT2D eigenvalue weighted by Crippen LogP contribution is 2.39.